The molecule has 2 aromatic carbocycles. The van der Waals surface area contributed by atoms with Gasteiger partial charge in [-0.05, 0) is 55.0 Å². The van der Waals surface area contributed by atoms with Crippen molar-refractivity contribution in [3.8, 4) is 5.75 Å². The quantitative estimate of drug-likeness (QED) is 0.530. The Balaban J connectivity index is 2.24. The van der Waals surface area contributed by atoms with Gasteiger partial charge in [-0.25, -0.2) is 4.39 Å². The van der Waals surface area contributed by atoms with E-state index in [-0.39, 0.29) is 42.7 Å². The van der Waals surface area contributed by atoms with Crippen LogP contribution in [0.1, 0.15) is 64.5 Å². The highest BCUT2D eigenvalue weighted by atomic mass is 19.1. The number of benzene rings is 2. The molecule has 0 aromatic heterocycles. The van der Waals surface area contributed by atoms with Crippen LogP contribution in [0.25, 0.3) is 0 Å². The average Bonchev–Trinajstić information content (AvgIpc) is 2.78. The normalized spacial score (nSPS) is 12.8. The highest BCUT2D eigenvalue weighted by Crippen LogP contribution is 2.26. The Morgan fingerprint density at radius 3 is 2.25 bits per heavy atom. The van der Waals surface area contributed by atoms with Gasteiger partial charge in [-0.2, -0.15) is 0 Å². The molecule has 2 amide bonds. The van der Waals surface area contributed by atoms with Crippen molar-refractivity contribution in [1.82, 2.24) is 10.2 Å². The van der Waals surface area contributed by atoms with Crippen LogP contribution in [0.5, 0.6) is 5.75 Å². The molecule has 0 radical (unpaired) electrons. The maximum atomic E-state index is 13.4. The first-order valence-electron chi connectivity index (χ1n) is 11.3. The number of hydrogen-bond donors (Lipinski definition) is 1. The molecular weight excluding hydrogens is 407 g/mol. The molecule has 32 heavy (non-hydrogen) atoms. The summed E-state index contributed by atoms with van der Waals surface area (Å²) in [7, 11) is 0. The van der Waals surface area contributed by atoms with Gasteiger partial charge in [0.25, 0.3) is 5.91 Å². The van der Waals surface area contributed by atoms with E-state index in [0.717, 1.165) is 17.5 Å². The number of carbonyl (C=O) groups is 2. The van der Waals surface area contributed by atoms with Crippen molar-refractivity contribution in [3.63, 3.8) is 0 Å². The molecule has 5 nitrogen and oxygen atoms in total. The first-order chi connectivity index (χ1) is 15.3. The maximum absolute atomic E-state index is 13.4. The van der Waals surface area contributed by atoms with Gasteiger partial charge < -0.3 is 15.0 Å². The standard InChI is InChI=1S/C26H35FN2O3/c1-6-19(5)28-26(31)23(7-2)29(16-20-12-14-21(27)15-13-20)25(30)17-32-24-11-9-8-10-22(24)18(3)4/h8-15,18-19,23H,6-7,16-17H2,1-5H3,(H,28,31)/t19-,23-/m0/s1. The summed E-state index contributed by atoms with van der Waals surface area (Å²) >= 11 is 0. The van der Waals surface area contributed by atoms with Crippen LogP contribution in [-0.2, 0) is 16.1 Å². The van der Waals surface area contributed by atoms with Gasteiger partial charge in [0.15, 0.2) is 6.61 Å². The lowest BCUT2D eigenvalue weighted by Crippen LogP contribution is -2.51. The first kappa shape index (κ1) is 25.4. The minimum atomic E-state index is -0.648. The zero-order valence-corrected chi connectivity index (χ0v) is 19.7. The largest absolute Gasteiger partial charge is 0.483 e. The van der Waals surface area contributed by atoms with Crippen molar-refractivity contribution < 1.29 is 18.7 Å². The van der Waals surface area contributed by atoms with Crippen molar-refractivity contribution in [3.05, 3.63) is 65.5 Å². The van der Waals surface area contributed by atoms with E-state index >= 15 is 0 Å². The molecule has 6 heteroatoms. The predicted octanol–water partition coefficient (Wildman–Crippen LogP) is 5.05. The Bertz CT molecular complexity index is 883. The zero-order chi connectivity index (χ0) is 23.7. The van der Waals surface area contributed by atoms with Gasteiger partial charge in [0.2, 0.25) is 5.91 Å². The Morgan fingerprint density at radius 2 is 1.66 bits per heavy atom. The molecule has 0 fully saturated rings. The molecule has 174 valence electrons. The molecule has 0 saturated carbocycles. The van der Waals surface area contributed by atoms with Gasteiger partial charge >= 0.3 is 0 Å². The minimum absolute atomic E-state index is 0.00786. The maximum Gasteiger partial charge on any atom is 0.261 e. The Morgan fingerprint density at radius 1 is 1.00 bits per heavy atom. The fourth-order valence-corrected chi connectivity index (χ4v) is 3.46. The summed E-state index contributed by atoms with van der Waals surface area (Å²) in [5.41, 5.74) is 1.77. The number of para-hydroxylation sites is 1. The topological polar surface area (TPSA) is 58.6 Å². The monoisotopic (exact) mass is 442 g/mol. The van der Waals surface area contributed by atoms with E-state index in [1.54, 1.807) is 12.1 Å². The van der Waals surface area contributed by atoms with Gasteiger partial charge in [0.05, 0.1) is 0 Å². The van der Waals surface area contributed by atoms with E-state index in [4.69, 9.17) is 4.74 Å². The number of nitrogens with one attached hydrogen (secondary N) is 1. The molecule has 0 bridgehead atoms. The van der Waals surface area contributed by atoms with Gasteiger partial charge in [-0.1, -0.05) is 58.0 Å². The zero-order valence-electron chi connectivity index (χ0n) is 19.7. The Hall–Kier alpha value is -2.89. The van der Waals surface area contributed by atoms with E-state index in [1.165, 1.54) is 17.0 Å². The SMILES string of the molecule is CC[C@H](C)NC(=O)[C@H](CC)N(Cc1ccc(F)cc1)C(=O)COc1ccccc1C(C)C. The summed E-state index contributed by atoms with van der Waals surface area (Å²) in [4.78, 5) is 27.8. The first-order valence-corrected chi connectivity index (χ1v) is 11.3. The highest BCUT2D eigenvalue weighted by Gasteiger charge is 2.29. The Kier molecular flexibility index (Phi) is 9.69. The molecule has 0 heterocycles. The third-order valence-electron chi connectivity index (χ3n) is 5.55. The van der Waals surface area contributed by atoms with Crippen LogP contribution < -0.4 is 10.1 Å². The summed E-state index contributed by atoms with van der Waals surface area (Å²) in [5.74, 6) is 0.0803. The van der Waals surface area contributed by atoms with Crippen molar-refractivity contribution in [2.75, 3.05) is 6.61 Å². The number of nitrogens with zero attached hydrogens (tertiary/aromatic N) is 1. The van der Waals surface area contributed by atoms with E-state index in [0.29, 0.717) is 12.2 Å². The van der Waals surface area contributed by atoms with Gasteiger partial charge in [-0.15, -0.1) is 0 Å². The summed E-state index contributed by atoms with van der Waals surface area (Å²) < 4.78 is 19.3. The summed E-state index contributed by atoms with van der Waals surface area (Å²) in [5, 5.41) is 2.98. The molecule has 0 aliphatic rings. The van der Waals surface area contributed by atoms with Crippen molar-refractivity contribution >= 4 is 11.8 Å². The summed E-state index contributed by atoms with van der Waals surface area (Å²) in [6.45, 7) is 9.95. The predicted molar refractivity (Wildman–Crippen MR) is 125 cm³/mol. The number of amides is 2. The molecule has 2 rings (SSSR count). The summed E-state index contributed by atoms with van der Waals surface area (Å²) in [6.07, 6.45) is 1.25. The number of carbonyl (C=O) groups excluding carboxylic acids is 2. The highest BCUT2D eigenvalue weighted by molar-refractivity contribution is 5.88. The second-order valence-corrected chi connectivity index (χ2v) is 8.37. The number of rotatable bonds is 11. The number of ether oxygens (including phenoxy) is 1. The summed E-state index contributed by atoms with van der Waals surface area (Å²) in [6, 6.07) is 13.0. The smallest absolute Gasteiger partial charge is 0.261 e. The molecule has 1 N–H and O–H groups in total. The van der Waals surface area contributed by atoms with Crippen LogP contribution in [0.15, 0.2) is 48.5 Å². The Labute approximate surface area is 191 Å². The van der Waals surface area contributed by atoms with Crippen LogP contribution in [0, 0.1) is 5.82 Å². The minimum Gasteiger partial charge on any atom is -0.483 e. The van der Waals surface area contributed by atoms with Crippen LogP contribution >= 0.6 is 0 Å². The lowest BCUT2D eigenvalue weighted by Gasteiger charge is -2.31. The van der Waals surface area contributed by atoms with E-state index in [9.17, 15) is 14.0 Å². The molecule has 0 spiro atoms. The third kappa shape index (κ3) is 7.08. The fraction of sp³-hybridized carbons (Fsp3) is 0.462. The van der Waals surface area contributed by atoms with Crippen molar-refractivity contribution in [2.24, 2.45) is 0 Å². The van der Waals surface area contributed by atoms with Crippen molar-refractivity contribution in [2.45, 2.75) is 72.0 Å². The third-order valence-corrected chi connectivity index (χ3v) is 5.55. The molecule has 2 aromatic rings. The van der Waals surface area contributed by atoms with Crippen LogP contribution in [0.3, 0.4) is 0 Å². The van der Waals surface area contributed by atoms with Crippen LogP contribution in [0.4, 0.5) is 4.39 Å². The number of halogens is 1. The molecule has 0 aliphatic carbocycles. The molecule has 0 aliphatic heterocycles. The number of hydrogen-bond acceptors (Lipinski definition) is 3. The molecule has 0 unspecified atom stereocenters. The molecule has 0 saturated heterocycles. The van der Waals surface area contributed by atoms with Gasteiger partial charge in [0.1, 0.15) is 17.6 Å². The van der Waals surface area contributed by atoms with Gasteiger partial charge in [0, 0.05) is 12.6 Å². The lowest BCUT2D eigenvalue weighted by molar-refractivity contribution is -0.143. The lowest BCUT2D eigenvalue weighted by atomic mass is 10.0. The van der Waals surface area contributed by atoms with E-state index in [2.05, 4.69) is 19.2 Å². The molecule has 2 atom stereocenters. The fourth-order valence-electron chi connectivity index (χ4n) is 3.46. The second-order valence-electron chi connectivity index (χ2n) is 8.37. The molecular formula is C26H35FN2O3. The van der Waals surface area contributed by atoms with Crippen LogP contribution in [-0.4, -0.2) is 35.4 Å². The van der Waals surface area contributed by atoms with Crippen molar-refractivity contribution in [1.29, 1.82) is 0 Å². The average molecular weight is 443 g/mol. The van der Waals surface area contributed by atoms with E-state index in [1.807, 2.05) is 45.0 Å². The second kappa shape index (κ2) is 12.2. The van der Waals surface area contributed by atoms with Crippen LogP contribution in [0.2, 0.25) is 0 Å². The van der Waals surface area contributed by atoms with Gasteiger partial charge in [-0.3, -0.25) is 9.59 Å². The van der Waals surface area contributed by atoms with E-state index < -0.39 is 6.04 Å².